The summed E-state index contributed by atoms with van der Waals surface area (Å²) in [7, 11) is 0. The Hall–Kier alpha value is -1.88. The molecule has 0 N–H and O–H groups in total. The van der Waals surface area contributed by atoms with E-state index in [2.05, 4.69) is 0 Å². The third-order valence-corrected chi connectivity index (χ3v) is 5.84. The summed E-state index contributed by atoms with van der Waals surface area (Å²) < 4.78 is 6.26. The van der Waals surface area contributed by atoms with E-state index in [-0.39, 0.29) is 30.0 Å². The van der Waals surface area contributed by atoms with Gasteiger partial charge in [0.2, 0.25) is 5.91 Å². The molecule has 2 amide bonds. The average molecular weight is 298 g/mol. The van der Waals surface area contributed by atoms with E-state index in [1.165, 1.54) is 0 Å². The first-order chi connectivity index (χ1) is 10.7. The summed E-state index contributed by atoms with van der Waals surface area (Å²) in [5.41, 5.74) is 0.893. The molecule has 4 heterocycles. The van der Waals surface area contributed by atoms with Crippen LogP contribution < -0.4 is 4.90 Å². The number of likely N-dealkylation sites (N-methyl/N-ethyl adjacent to an activating group) is 1. The predicted molar refractivity (Wildman–Crippen MR) is 79.4 cm³/mol. The monoisotopic (exact) mass is 298 g/mol. The van der Waals surface area contributed by atoms with Gasteiger partial charge in [0.1, 0.15) is 11.8 Å². The molecule has 4 aliphatic heterocycles. The van der Waals surface area contributed by atoms with E-state index in [4.69, 9.17) is 4.74 Å². The zero-order chi connectivity index (χ0) is 15.1. The molecular weight excluding hydrogens is 280 g/mol. The van der Waals surface area contributed by atoms with E-state index < -0.39 is 5.60 Å². The molecule has 3 fully saturated rings. The molecule has 1 aromatic carbocycles. The standard InChI is InChI=1S/C17H18N2O3/c1-2-18-14(20)11-5-3-4-6-13(11)19-15(21)12-9-10-7-8-17(12,22-10)16(18)19/h3-6,10,12,16H,2,7-9H2,1H3/t10-,12+,16-,17+/m0/s1. The smallest absolute Gasteiger partial charge is 0.257 e. The summed E-state index contributed by atoms with van der Waals surface area (Å²) >= 11 is 0. The number of para-hydroxylation sites is 1. The van der Waals surface area contributed by atoms with Gasteiger partial charge in [-0.25, -0.2) is 0 Å². The van der Waals surface area contributed by atoms with Gasteiger partial charge in [-0.1, -0.05) is 12.1 Å². The number of fused-ring (bicyclic) bond motifs is 4. The first-order valence-corrected chi connectivity index (χ1v) is 8.08. The van der Waals surface area contributed by atoms with Crippen molar-refractivity contribution in [2.24, 2.45) is 5.92 Å². The molecule has 5 heteroatoms. The highest BCUT2D eigenvalue weighted by Gasteiger charge is 2.70. The average Bonchev–Trinajstić information content (AvgIpc) is 3.19. The second kappa shape index (κ2) is 3.90. The molecule has 0 saturated carbocycles. The lowest BCUT2D eigenvalue weighted by atomic mass is 9.78. The van der Waals surface area contributed by atoms with Crippen LogP contribution in [0.25, 0.3) is 0 Å². The molecule has 4 atom stereocenters. The van der Waals surface area contributed by atoms with Crippen molar-refractivity contribution in [2.45, 2.75) is 44.1 Å². The largest absolute Gasteiger partial charge is 0.367 e. The summed E-state index contributed by atoms with van der Waals surface area (Å²) in [6, 6.07) is 7.44. The van der Waals surface area contributed by atoms with Crippen LogP contribution in [0.5, 0.6) is 0 Å². The van der Waals surface area contributed by atoms with Crippen molar-refractivity contribution in [3.63, 3.8) is 0 Å². The van der Waals surface area contributed by atoms with Crippen LogP contribution in [0.15, 0.2) is 24.3 Å². The third kappa shape index (κ3) is 1.21. The van der Waals surface area contributed by atoms with Gasteiger partial charge in [-0.05, 0) is 38.3 Å². The number of benzene rings is 1. The highest BCUT2D eigenvalue weighted by Crippen LogP contribution is 2.58. The predicted octanol–water partition coefficient (Wildman–Crippen LogP) is 1.77. The first-order valence-electron chi connectivity index (χ1n) is 8.08. The van der Waals surface area contributed by atoms with Crippen LogP contribution in [-0.4, -0.2) is 41.1 Å². The maximum Gasteiger partial charge on any atom is 0.257 e. The number of carbonyl (C=O) groups is 2. The lowest BCUT2D eigenvalue weighted by Crippen LogP contribution is -2.61. The second-order valence-electron chi connectivity index (χ2n) is 6.71. The van der Waals surface area contributed by atoms with Gasteiger partial charge < -0.3 is 9.64 Å². The van der Waals surface area contributed by atoms with Gasteiger partial charge in [-0.2, -0.15) is 0 Å². The lowest BCUT2D eigenvalue weighted by molar-refractivity contribution is -0.122. The molecule has 0 aromatic heterocycles. The van der Waals surface area contributed by atoms with Crippen molar-refractivity contribution < 1.29 is 14.3 Å². The SMILES string of the molecule is CCN1C(=O)c2ccccc2N2C(=O)[C@H]3C[C@@H]4CC[C@]3(O4)[C@@H]12. The highest BCUT2D eigenvalue weighted by atomic mass is 16.5. The summed E-state index contributed by atoms with van der Waals surface area (Å²) in [5, 5.41) is 0. The molecule has 114 valence electrons. The van der Waals surface area contributed by atoms with Crippen molar-refractivity contribution in [3.05, 3.63) is 29.8 Å². The minimum absolute atomic E-state index is 0.0149. The third-order valence-electron chi connectivity index (χ3n) is 5.84. The van der Waals surface area contributed by atoms with Gasteiger partial charge >= 0.3 is 0 Å². The highest BCUT2D eigenvalue weighted by molar-refractivity contribution is 6.11. The molecule has 0 aliphatic carbocycles. The van der Waals surface area contributed by atoms with Crippen LogP contribution in [0.4, 0.5) is 5.69 Å². The number of amides is 2. The van der Waals surface area contributed by atoms with Crippen LogP contribution in [0.1, 0.15) is 36.5 Å². The van der Waals surface area contributed by atoms with Crippen LogP contribution in [0.3, 0.4) is 0 Å². The van der Waals surface area contributed by atoms with Crippen LogP contribution in [0.2, 0.25) is 0 Å². The fraction of sp³-hybridized carbons (Fsp3) is 0.529. The normalized spacial score (nSPS) is 38.3. The topological polar surface area (TPSA) is 49.9 Å². The molecule has 2 bridgehead atoms. The van der Waals surface area contributed by atoms with E-state index in [1.807, 2.05) is 41.0 Å². The van der Waals surface area contributed by atoms with Crippen molar-refractivity contribution in [2.75, 3.05) is 11.4 Å². The number of rotatable bonds is 1. The second-order valence-corrected chi connectivity index (χ2v) is 6.71. The van der Waals surface area contributed by atoms with Crippen molar-refractivity contribution in [1.82, 2.24) is 4.90 Å². The van der Waals surface area contributed by atoms with Crippen LogP contribution >= 0.6 is 0 Å². The van der Waals surface area contributed by atoms with Crippen molar-refractivity contribution in [3.8, 4) is 0 Å². The van der Waals surface area contributed by atoms with Gasteiger partial charge in [0.05, 0.1) is 23.3 Å². The number of carbonyl (C=O) groups excluding carboxylic acids is 2. The van der Waals surface area contributed by atoms with Gasteiger partial charge in [0, 0.05) is 6.54 Å². The quantitative estimate of drug-likeness (QED) is 0.794. The van der Waals surface area contributed by atoms with Gasteiger partial charge in [0.15, 0.2) is 0 Å². The molecule has 22 heavy (non-hydrogen) atoms. The maximum atomic E-state index is 13.0. The molecule has 1 spiro atoms. The summed E-state index contributed by atoms with van der Waals surface area (Å²) in [4.78, 5) is 29.6. The zero-order valence-corrected chi connectivity index (χ0v) is 12.5. The minimum atomic E-state index is -0.485. The minimum Gasteiger partial charge on any atom is -0.367 e. The molecule has 0 unspecified atom stereocenters. The Morgan fingerprint density at radius 2 is 2.14 bits per heavy atom. The van der Waals surface area contributed by atoms with E-state index in [1.54, 1.807) is 0 Å². The maximum absolute atomic E-state index is 13.0. The van der Waals surface area contributed by atoms with Crippen molar-refractivity contribution >= 4 is 17.5 Å². The number of hydrogen-bond acceptors (Lipinski definition) is 3. The van der Waals surface area contributed by atoms with E-state index in [9.17, 15) is 9.59 Å². The molecule has 5 rings (SSSR count). The molecule has 1 aromatic rings. The Bertz CT molecular complexity index is 703. The first kappa shape index (κ1) is 12.6. The number of hydrogen-bond donors (Lipinski definition) is 0. The van der Waals surface area contributed by atoms with Gasteiger partial charge in [-0.15, -0.1) is 0 Å². The number of nitrogens with zero attached hydrogens (tertiary/aromatic N) is 2. The van der Waals surface area contributed by atoms with Crippen LogP contribution in [-0.2, 0) is 9.53 Å². The zero-order valence-electron chi connectivity index (χ0n) is 12.5. The van der Waals surface area contributed by atoms with E-state index >= 15 is 0 Å². The van der Waals surface area contributed by atoms with E-state index in [0.29, 0.717) is 12.1 Å². The Labute approximate surface area is 128 Å². The summed E-state index contributed by atoms with van der Waals surface area (Å²) in [6.07, 6.45) is 2.61. The van der Waals surface area contributed by atoms with Crippen LogP contribution in [0, 0.1) is 5.92 Å². The van der Waals surface area contributed by atoms with Gasteiger partial charge in [-0.3, -0.25) is 14.5 Å². The summed E-state index contributed by atoms with van der Waals surface area (Å²) in [5.74, 6) is 0.0518. The Balaban J connectivity index is 1.75. The fourth-order valence-corrected chi connectivity index (χ4v) is 4.99. The number of ether oxygens (including phenoxy) is 1. The Kier molecular flexibility index (Phi) is 2.24. The molecule has 0 radical (unpaired) electrons. The Morgan fingerprint density at radius 1 is 1.32 bits per heavy atom. The molecular formula is C17H18N2O3. The number of anilines is 1. The van der Waals surface area contributed by atoms with Crippen molar-refractivity contribution in [1.29, 1.82) is 0 Å². The molecule has 5 nitrogen and oxygen atoms in total. The van der Waals surface area contributed by atoms with E-state index in [0.717, 1.165) is 24.9 Å². The lowest BCUT2D eigenvalue weighted by Gasteiger charge is -2.45. The molecule has 4 aliphatic rings. The summed E-state index contributed by atoms with van der Waals surface area (Å²) in [6.45, 7) is 2.56. The fourth-order valence-electron chi connectivity index (χ4n) is 4.99. The Morgan fingerprint density at radius 3 is 2.91 bits per heavy atom. The van der Waals surface area contributed by atoms with Gasteiger partial charge in [0.25, 0.3) is 5.91 Å². The molecule has 3 saturated heterocycles.